The van der Waals surface area contributed by atoms with Crippen molar-refractivity contribution in [2.75, 3.05) is 24.2 Å². The zero-order chi connectivity index (χ0) is 19.8. The molecule has 2 aliphatic rings. The normalized spacial score (nSPS) is 24.9. The minimum absolute atomic E-state index is 0.0125. The number of hydrogen-bond donors (Lipinski definition) is 2. The molecule has 0 saturated carbocycles. The molecule has 0 aromatic carbocycles. The van der Waals surface area contributed by atoms with E-state index >= 15 is 0 Å². The Morgan fingerprint density at radius 2 is 2.22 bits per heavy atom. The van der Waals surface area contributed by atoms with Crippen molar-refractivity contribution in [2.24, 2.45) is 0 Å². The Bertz CT molecular complexity index is 764. The third kappa shape index (κ3) is 4.11. The maximum atomic E-state index is 12.6. The monoisotopic (exact) mass is 422 g/mol. The summed E-state index contributed by atoms with van der Waals surface area (Å²) in [7, 11) is 0. The number of amides is 2. The lowest BCUT2D eigenvalue weighted by atomic mass is 10.2. The summed E-state index contributed by atoms with van der Waals surface area (Å²) in [6.45, 7) is 2.42. The summed E-state index contributed by atoms with van der Waals surface area (Å²) in [5.41, 5.74) is -0.927. The van der Waals surface area contributed by atoms with Crippen molar-refractivity contribution in [1.82, 2.24) is 15.2 Å². The molecule has 3 rings (SSSR count). The first-order valence-corrected chi connectivity index (χ1v) is 9.68. The van der Waals surface area contributed by atoms with Gasteiger partial charge in [0.1, 0.15) is 11.9 Å². The smallest absolute Gasteiger partial charge is 0.367 e. The molecule has 0 aliphatic carbocycles. The van der Waals surface area contributed by atoms with Crippen LogP contribution in [0.2, 0.25) is 5.02 Å². The number of nitrogens with zero attached hydrogens (tertiary/aromatic N) is 2. The molecule has 1 aromatic rings. The van der Waals surface area contributed by atoms with Crippen LogP contribution in [0.3, 0.4) is 0 Å². The lowest BCUT2D eigenvalue weighted by Gasteiger charge is -2.29. The van der Waals surface area contributed by atoms with Crippen LogP contribution in [0.15, 0.2) is 12.3 Å². The number of rotatable bonds is 5. The summed E-state index contributed by atoms with van der Waals surface area (Å²) in [6.07, 6.45) is -2.63. The van der Waals surface area contributed by atoms with Gasteiger partial charge in [0.15, 0.2) is 0 Å². The van der Waals surface area contributed by atoms with Crippen LogP contribution in [-0.2, 0) is 15.8 Å². The first kappa shape index (κ1) is 20.1. The van der Waals surface area contributed by atoms with Gasteiger partial charge in [-0.3, -0.25) is 9.59 Å². The van der Waals surface area contributed by atoms with Gasteiger partial charge in [-0.05, 0) is 19.4 Å². The van der Waals surface area contributed by atoms with Crippen LogP contribution < -0.4 is 10.6 Å². The van der Waals surface area contributed by atoms with E-state index in [4.69, 9.17) is 11.6 Å². The summed E-state index contributed by atoms with van der Waals surface area (Å²) in [4.78, 5) is 29.5. The van der Waals surface area contributed by atoms with E-state index in [2.05, 4.69) is 15.6 Å². The maximum Gasteiger partial charge on any atom is 0.417 e. The number of carbonyl (C=O) groups excluding carboxylic acids is 2. The Morgan fingerprint density at radius 1 is 1.48 bits per heavy atom. The van der Waals surface area contributed by atoms with Gasteiger partial charge in [-0.2, -0.15) is 13.2 Å². The van der Waals surface area contributed by atoms with Crippen molar-refractivity contribution in [3.8, 4) is 0 Å². The predicted molar refractivity (Wildman–Crippen MR) is 96.5 cm³/mol. The number of hydrogen-bond acceptors (Lipinski definition) is 5. The van der Waals surface area contributed by atoms with Crippen LogP contribution in [-0.4, -0.2) is 51.5 Å². The van der Waals surface area contributed by atoms with Crippen molar-refractivity contribution in [2.45, 2.75) is 36.9 Å². The Balaban J connectivity index is 1.49. The van der Waals surface area contributed by atoms with Crippen molar-refractivity contribution < 1.29 is 22.8 Å². The highest BCUT2D eigenvalue weighted by atomic mass is 35.5. The van der Waals surface area contributed by atoms with E-state index in [1.807, 2.05) is 6.92 Å². The molecular formula is C16H18ClF3N4O2S. The summed E-state index contributed by atoms with van der Waals surface area (Å²) < 4.78 is 37.8. The molecule has 0 unspecified atom stereocenters. The number of thioether (sulfide) groups is 1. The largest absolute Gasteiger partial charge is 0.417 e. The molecule has 2 aliphatic heterocycles. The molecule has 0 radical (unpaired) electrons. The van der Waals surface area contributed by atoms with Crippen LogP contribution in [0.4, 0.5) is 19.0 Å². The Labute approximate surface area is 163 Å². The van der Waals surface area contributed by atoms with Gasteiger partial charge in [0.05, 0.1) is 15.5 Å². The fourth-order valence-electron chi connectivity index (χ4n) is 3.22. The van der Waals surface area contributed by atoms with Gasteiger partial charge >= 0.3 is 6.18 Å². The van der Waals surface area contributed by atoms with Crippen LogP contribution in [0.25, 0.3) is 0 Å². The summed E-state index contributed by atoms with van der Waals surface area (Å²) in [6, 6.07) is 0.299. The van der Waals surface area contributed by atoms with E-state index in [0.29, 0.717) is 18.4 Å². The Kier molecular flexibility index (Phi) is 5.49. The van der Waals surface area contributed by atoms with E-state index in [9.17, 15) is 22.8 Å². The van der Waals surface area contributed by atoms with E-state index < -0.39 is 17.8 Å². The Morgan fingerprint density at radius 3 is 2.89 bits per heavy atom. The highest BCUT2D eigenvalue weighted by molar-refractivity contribution is 8.01. The summed E-state index contributed by atoms with van der Waals surface area (Å²) in [5, 5.41) is 5.38. The molecule has 2 saturated heterocycles. The molecule has 11 heteroatoms. The number of anilines is 1. The standard InChI is InChI=1S/C16H18ClF3N4O2S/c1-15-3-2-12(25)24(15)11(8-27-15)14(26)22-5-4-21-13-10(17)6-9(7-23-13)16(18,19)20/h6-7,11H,2-5,8H2,1H3,(H,21,23)(H,22,26)/t11-,15-/m0/s1. The van der Waals surface area contributed by atoms with Crippen molar-refractivity contribution in [3.05, 3.63) is 22.8 Å². The van der Waals surface area contributed by atoms with Gasteiger partial charge in [-0.25, -0.2) is 4.98 Å². The van der Waals surface area contributed by atoms with Gasteiger partial charge in [-0.1, -0.05) is 11.6 Å². The molecule has 0 bridgehead atoms. The Hall–Kier alpha value is -1.68. The number of halogens is 4. The van der Waals surface area contributed by atoms with E-state index in [0.717, 1.165) is 12.5 Å². The topological polar surface area (TPSA) is 74.3 Å². The second-order valence-corrected chi connectivity index (χ2v) is 8.44. The second kappa shape index (κ2) is 7.38. The fourth-order valence-corrected chi connectivity index (χ4v) is 4.89. The zero-order valence-electron chi connectivity index (χ0n) is 14.4. The van der Waals surface area contributed by atoms with E-state index in [1.54, 1.807) is 16.7 Å². The van der Waals surface area contributed by atoms with Gasteiger partial charge < -0.3 is 15.5 Å². The highest BCUT2D eigenvalue weighted by Gasteiger charge is 2.52. The number of nitrogens with one attached hydrogen (secondary N) is 2. The first-order valence-electron chi connectivity index (χ1n) is 8.32. The molecule has 2 amide bonds. The van der Waals surface area contributed by atoms with Gasteiger partial charge in [0.2, 0.25) is 11.8 Å². The molecule has 3 heterocycles. The number of fused-ring (bicyclic) bond motifs is 1. The zero-order valence-corrected chi connectivity index (χ0v) is 16.0. The molecule has 2 atom stereocenters. The quantitative estimate of drug-likeness (QED) is 0.714. The highest BCUT2D eigenvalue weighted by Crippen LogP contribution is 2.47. The lowest BCUT2D eigenvalue weighted by molar-refractivity contribution is -0.138. The molecule has 6 nitrogen and oxygen atoms in total. The van der Waals surface area contributed by atoms with Crippen LogP contribution in [0, 0.1) is 0 Å². The third-order valence-corrected chi connectivity index (χ3v) is 6.43. The third-order valence-electron chi connectivity index (χ3n) is 4.63. The number of aromatic nitrogens is 1. The lowest BCUT2D eigenvalue weighted by Crippen LogP contribution is -2.50. The molecule has 0 spiro atoms. The van der Waals surface area contributed by atoms with Crippen molar-refractivity contribution >= 4 is 41.0 Å². The first-order chi connectivity index (χ1) is 12.6. The van der Waals surface area contributed by atoms with Crippen LogP contribution in [0.5, 0.6) is 0 Å². The molecule has 27 heavy (non-hydrogen) atoms. The average Bonchev–Trinajstić information content (AvgIpc) is 3.08. The van der Waals surface area contributed by atoms with Crippen molar-refractivity contribution in [1.29, 1.82) is 0 Å². The second-order valence-electron chi connectivity index (χ2n) is 6.54. The maximum absolute atomic E-state index is 12.6. The molecule has 1 aromatic heterocycles. The minimum Gasteiger partial charge on any atom is -0.367 e. The number of pyridine rings is 1. The van der Waals surface area contributed by atoms with Crippen LogP contribution >= 0.6 is 23.4 Å². The summed E-state index contributed by atoms with van der Waals surface area (Å²) in [5.74, 6) is 0.405. The number of alkyl halides is 3. The number of carbonyl (C=O) groups is 2. The molecule has 2 N–H and O–H groups in total. The van der Waals surface area contributed by atoms with Gasteiger partial charge in [0, 0.05) is 31.5 Å². The van der Waals surface area contributed by atoms with E-state index in [-0.39, 0.29) is 40.6 Å². The molecule has 2 fully saturated rings. The van der Waals surface area contributed by atoms with Crippen LogP contribution in [0.1, 0.15) is 25.3 Å². The minimum atomic E-state index is -4.51. The molecule has 148 valence electrons. The fraction of sp³-hybridized carbons (Fsp3) is 0.562. The van der Waals surface area contributed by atoms with Gasteiger partial charge in [0.25, 0.3) is 0 Å². The SMILES string of the molecule is C[C@]12CCC(=O)N1[C@H](C(=O)NCCNc1ncc(C(F)(F)F)cc1Cl)CS2. The van der Waals surface area contributed by atoms with Crippen molar-refractivity contribution in [3.63, 3.8) is 0 Å². The van der Waals surface area contributed by atoms with E-state index in [1.165, 1.54) is 0 Å². The predicted octanol–water partition coefficient (Wildman–Crippen LogP) is 2.74. The molecular weight excluding hydrogens is 405 g/mol. The summed E-state index contributed by atoms with van der Waals surface area (Å²) >= 11 is 7.42. The average molecular weight is 423 g/mol. The van der Waals surface area contributed by atoms with Gasteiger partial charge in [-0.15, -0.1) is 11.8 Å².